The average Bonchev–Trinajstić information content (AvgIpc) is 2.53. The predicted octanol–water partition coefficient (Wildman–Crippen LogP) is 5.99. The van der Waals surface area contributed by atoms with Crippen LogP contribution in [0.1, 0.15) is 38.8 Å². The minimum atomic E-state index is -0.533. The molecule has 4 N–H and O–H groups in total. The zero-order valence-electron chi connectivity index (χ0n) is 15.4. The van der Waals surface area contributed by atoms with Crippen molar-refractivity contribution in [1.29, 1.82) is 0 Å². The van der Waals surface area contributed by atoms with E-state index in [1.807, 2.05) is 13.8 Å². The molecule has 0 saturated heterocycles. The summed E-state index contributed by atoms with van der Waals surface area (Å²) < 4.78 is 11.0. The van der Waals surface area contributed by atoms with Gasteiger partial charge in [-0.3, -0.25) is 11.5 Å². The van der Waals surface area contributed by atoms with Crippen molar-refractivity contribution in [3.05, 3.63) is 55.5 Å². The Balaban J connectivity index is 2.50. The predicted molar refractivity (Wildman–Crippen MR) is 114 cm³/mol. The van der Waals surface area contributed by atoms with E-state index in [2.05, 4.69) is 0 Å². The highest BCUT2D eigenvalue weighted by atomic mass is 35.5. The van der Waals surface area contributed by atoms with E-state index in [1.54, 1.807) is 38.1 Å². The second-order valence-corrected chi connectivity index (χ2v) is 8.44. The average molecular weight is 452 g/mol. The van der Waals surface area contributed by atoms with Gasteiger partial charge < -0.3 is 9.47 Å². The van der Waals surface area contributed by atoms with Crippen LogP contribution in [0.5, 0.6) is 11.5 Å². The summed E-state index contributed by atoms with van der Waals surface area (Å²) in [4.78, 5) is 0. The van der Waals surface area contributed by atoms with Crippen LogP contribution in [-0.4, -0.2) is 12.5 Å². The van der Waals surface area contributed by atoms with E-state index >= 15 is 0 Å². The lowest BCUT2D eigenvalue weighted by molar-refractivity contribution is 0.230. The first kappa shape index (κ1) is 22.4. The maximum absolute atomic E-state index is 6.37. The van der Waals surface area contributed by atoms with Gasteiger partial charge in [0.05, 0.1) is 20.1 Å². The minimum Gasteiger partial charge on any atom is -0.473 e. The maximum atomic E-state index is 6.37. The SMILES string of the molecule is CC(N)Oc1c(Cl)cc(C(C)(C)c2cc(Cl)c(OC(C)N)c(Cl)c2)cc1Cl. The summed E-state index contributed by atoms with van der Waals surface area (Å²) >= 11 is 25.5. The molecule has 0 amide bonds. The quantitative estimate of drug-likeness (QED) is 0.528. The zero-order chi connectivity index (χ0) is 20.5. The lowest BCUT2D eigenvalue weighted by Crippen LogP contribution is -2.24. The van der Waals surface area contributed by atoms with Gasteiger partial charge in [0.25, 0.3) is 0 Å². The van der Waals surface area contributed by atoms with Crippen molar-refractivity contribution in [2.24, 2.45) is 11.5 Å². The molecule has 2 rings (SSSR count). The van der Waals surface area contributed by atoms with E-state index in [0.29, 0.717) is 31.6 Å². The van der Waals surface area contributed by atoms with Crippen molar-refractivity contribution in [2.75, 3.05) is 0 Å². The third kappa shape index (κ3) is 5.14. The highest BCUT2D eigenvalue weighted by molar-refractivity contribution is 6.38. The molecule has 0 aliphatic heterocycles. The number of rotatable bonds is 6. The number of ether oxygens (including phenoxy) is 2. The van der Waals surface area contributed by atoms with Crippen LogP contribution in [0.15, 0.2) is 24.3 Å². The molecule has 2 atom stereocenters. The summed E-state index contributed by atoms with van der Waals surface area (Å²) in [6, 6.07) is 7.16. The highest BCUT2D eigenvalue weighted by Gasteiger charge is 2.28. The lowest BCUT2D eigenvalue weighted by atomic mass is 9.78. The summed E-state index contributed by atoms with van der Waals surface area (Å²) in [6.45, 7) is 7.41. The van der Waals surface area contributed by atoms with Gasteiger partial charge in [-0.1, -0.05) is 60.3 Å². The normalized spacial score (nSPS) is 14.0. The van der Waals surface area contributed by atoms with Crippen molar-refractivity contribution >= 4 is 46.4 Å². The maximum Gasteiger partial charge on any atom is 0.158 e. The Bertz CT molecular complexity index is 725. The Morgan fingerprint density at radius 3 is 1.19 bits per heavy atom. The lowest BCUT2D eigenvalue weighted by Gasteiger charge is -2.28. The summed E-state index contributed by atoms with van der Waals surface area (Å²) in [5.41, 5.74) is 12.6. The fourth-order valence-electron chi connectivity index (χ4n) is 2.61. The van der Waals surface area contributed by atoms with Gasteiger partial charge in [0.1, 0.15) is 12.5 Å². The number of halogens is 4. The molecule has 8 heteroatoms. The Kier molecular flexibility index (Phi) is 7.17. The van der Waals surface area contributed by atoms with Gasteiger partial charge in [-0.25, -0.2) is 0 Å². The fourth-order valence-corrected chi connectivity index (χ4v) is 3.76. The van der Waals surface area contributed by atoms with Crippen LogP contribution >= 0.6 is 46.4 Å². The molecule has 27 heavy (non-hydrogen) atoms. The van der Waals surface area contributed by atoms with E-state index < -0.39 is 17.9 Å². The van der Waals surface area contributed by atoms with Crippen LogP contribution in [0.3, 0.4) is 0 Å². The van der Waals surface area contributed by atoms with Crippen LogP contribution in [0.25, 0.3) is 0 Å². The van der Waals surface area contributed by atoms with Gasteiger partial charge >= 0.3 is 0 Å². The van der Waals surface area contributed by atoms with Crippen molar-refractivity contribution in [2.45, 2.75) is 45.6 Å². The van der Waals surface area contributed by atoms with Gasteiger partial charge in [-0.05, 0) is 49.2 Å². The molecule has 2 unspecified atom stereocenters. The standard InChI is InChI=1S/C19H22Cl4N2O2/c1-9(24)26-17-13(20)5-11(6-14(17)21)19(3,4)12-7-15(22)18(16(23)8-12)27-10(2)25/h5-10H,24-25H2,1-4H3. The Labute approximate surface area is 179 Å². The summed E-state index contributed by atoms with van der Waals surface area (Å²) in [5, 5.41) is 1.49. The summed E-state index contributed by atoms with van der Waals surface area (Å²) in [5.74, 6) is 0.703. The van der Waals surface area contributed by atoms with Crippen LogP contribution in [0.2, 0.25) is 20.1 Å². The monoisotopic (exact) mass is 450 g/mol. The van der Waals surface area contributed by atoms with Crippen molar-refractivity contribution in [3.8, 4) is 11.5 Å². The van der Waals surface area contributed by atoms with Crippen LogP contribution in [0.4, 0.5) is 0 Å². The molecule has 2 aromatic carbocycles. The second kappa shape index (κ2) is 8.64. The first-order chi connectivity index (χ1) is 12.4. The van der Waals surface area contributed by atoms with Gasteiger partial charge in [-0.2, -0.15) is 0 Å². The molecule has 0 fully saturated rings. The van der Waals surface area contributed by atoms with E-state index in [1.165, 1.54) is 0 Å². The third-order valence-corrected chi connectivity index (χ3v) is 5.17. The van der Waals surface area contributed by atoms with Crippen molar-refractivity contribution in [1.82, 2.24) is 0 Å². The van der Waals surface area contributed by atoms with E-state index in [9.17, 15) is 0 Å². The number of benzene rings is 2. The first-order valence-corrected chi connectivity index (χ1v) is 9.78. The Morgan fingerprint density at radius 1 is 0.704 bits per heavy atom. The number of nitrogens with two attached hydrogens (primary N) is 2. The molecule has 0 bridgehead atoms. The molecule has 0 spiro atoms. The molecular weight excluding hydrogens is 430 g/mol. The molecule has 0 aliphatic rings. The molecule has 0 heterocycles. The fraction of sp³-hybridized carbons (Fsp3) is 0.368. The topological polar surface area (TPSA) is 70.5 Å². The van der Waals surface area contributed by atoms with E-state index in [-0.39, 0.29) is 0 Å². The van der Waals surface area contributed by atoms with Crippen molar-refractivity contribution in [3.63, 3.8) is 0 Å². The van der Waals surface area contributed by atoms with Crippen LogP contribution in [-0.2, 0) is 5.41 Å². The molecule has 0 radical (unpaired) electrons. The minimum absolute atomic E-state index is 0.352. The molecule has 0 saturated carbocycles. The molecule has 2 aromatic rings. The number of hydrogen-bond acceptors (Lipinski definition) is 4. The molecule has 0 aromatic heterocycles. The smallest absolute Gasteiger partial charge is 0.158 e. The number of hydrogen-bond donors (Lipinski definition) is 2. The van der Waals surface area contributed by atoms with Gasteiger partial charge in [0.15, 0.2) is 11.5 Å². The van der Waals surface area contributed by atoms with Gasteiger partial charge in [0, 0.05) is 5.41 Å². The molecule has 4 nitrogen and oxygen atoms in total. The van der Waals surface area contributed by atoms with Crippen molar-refractivity contribution < 1.29 is 9.47 Å². The Morgan fingerprint density at radius 2 is 0.963 bits per heavy atom. The molecule has 148 valence electrons. The molecular formula is C19H22Cl4N2O2. The summed E-state index contributed by atoms with van der Waals surface area (Å²) in [7, 11) is 0. The summed E-state index contributed by atoms with van der Waals surface area (Å²) in [6.07, 6.45) is -1.07. The van der Waals surface area contributed by atoms with Gasteiger partial charge in [-0.15, -0.1) is 0 Å². The second-order valence-electron chi connectivity index (χ2n) is 6.81. The largest absolute Gasteiger partial charge is 0.473 e. The third-order valence-electron chi connectivity index (χ3n) is 4.05. The highest BCUT2D eigenvalue weighted by Crippen LogP contribution is 2.43. The zero-order valence-corrected chi connectivity index (χ0v) is 18.5. The van der Waals surface area contributed by atoms with E-state index in [4.69, 9.17) is 67.3 Å². The molecule has 0 aliphatic carbocycles. The van der Waals surface area contributed by atoms with Crippen LogP contribution < -0.4 is 20.9 Å². The first-order valence-electron chi connectivity index (χ1n) is 8.27. The van der Waals surface area contributed by atoms with E-state index in [0.717, 1.165) is 11.1 Å². The van der Waals surface area contributed by atoms with Crippen LogP contribution in [0, 0.1) is 0 Å². The van der Waals surface area contributed by atoms with Gasteiger partial charge in [0.2, 0.25) is 0 Å². The Hall–Kier alpha value is -0.880.